The van der Waals surface area contributed by atoms with Crippen LogP contribution in [0.4, 0.5) is 0 Å². The molecule has 0 aromatic carbocycles. The highest BCUT2D eigenvalue weighted by atomic mass is 32.2. The van der Waals surface area contributed by atoms with Gasteiger partial charge in [0.05, 0.1) is 16.2 Å². The molecule has 0 amide bonds. The zero-order valence-electron chi connectivity index (χ0n) is 10.6. The van der Waals surface area contributed by atoms with Crippen LogP contribution in [0.15, 0.2) is 23.4 Å². The van der Waals surface area contributed by atoms with Crippen molar-refractivity contribution in [1.82, 2.24) is 4.98 Å². The van der Waals surface area contributed by atoms with Crippen molar-refractivity contribution in [2.45, 2.75) is 37.0 Å². The highest BCUT2D eigenvalue weighted by Gasteiger charge is 2.24. The summed E-state index contributed by atoms with van der Waals surface area (Å²) in [5.41, 5.74) is -0.0929. The van der Waals surface area contributed by atoms with Crippen LogP contribution in [0.1, 0.15) is 42.5 Å². The van der Waals surface area contributed by atoms with Crippen LogP contribution in [0.3, 0.4) is 0 Å². The fraction of sp³-hybridized carbons (Fsp3) is 0.538. The zero-order valence-corrected chi connectivity index (χ0v) is 11.4. The topological polar surface area (TPSA) is 84.3 Å². The number of sulfone groups is 1. The van der Waals surface area contributed by atoms with Crippen molar-refractivity contribution < 1.29 is 18.3 Å². The lowest BCUT2D eigenvalue weighted by molar-refractivity contribution is 0.0696. The van der Waals surface area contributed by atoms with Crippen LogP contribution in [0.5, 0.6) is 0 Å². The van der Waals surface area contributed by atoms with Crippen molar-refractivity contribution >= 4 is 15.8 Å². The van der Waals surface area contributed by atoms with Crippen molar-refractivity contribution in [3.05, 3.63) is 24.0 Å². The molecule has 104 valence electrons. The summed E-state index contributed by atoms with van der Waals surface area (Å²) in [6.45, 7) is 0. The Hall–Kier alpha value is -1.43. The number of hydrogen-bond acceptors (Lipinski definition) is 4. The second kappa shape index (κ2) is 5.69. The molecular weight excluding hydrogens is 266 g/mol. The van der Waals surface area contributed by atoms with E-state index < -0.39 is 15.8 Å². The Kier molecular flexibility index (Phi) is 4.19. The van der Waals surface area contributed by atoms with Gasteiger partial charge in [-0.15, -0.1) is 0 Å². The molecule has 1 heterocycles. The minimum Gasteiger partial charge on any atom is -0.478 e. The second-order valence-electron chi connectivity index (χ2n) is 5.00. The molecule has 0 radical (unpaired) electrons. The molecule has 1 aromatic heterocycles. The molecule has 0 spiro atoms. The van der Waals surface area contributed by atoms with Crippen LogP contribution in [-0.4, -0.2) is 30.2 Å². The summed E-state index contributed by atoms with van der Waals surface area (Å²) in [6.07, 6.45) is 7.58. The normalized spacial score (nSPS) is 17.3. The van der Waals surface area contributed by atoms with Gasteiger partial charge in [0, 0.05) is 12.4 Å². The van der Waals surface area contributed by atoms with E-state index in [1.54, 1.807) is 0 Å². The number of aromatic nitrogens is 1. The Morgan fingerprint density at radius 3 is 2.58 bits per heavy atom. The monoisotopic (exact) mass is 283 g/mol. The second-order valence-corrected chi connectivity index (χ2v) is 7.03. The highest BCUT2D eigenvalue weighted by Crippen LogP contribution is 2.27. The standard InChI is InChI=1S/C13H17NO4S/c15-13(16)11-6-12(8-14-7-11)19(17,18)9-10-4-2-1-3-5-10/h6-8,10H,1-5,9H2,(H,15,16). The molecule has 6 heteroatoms. The van der Waals surface area contributed by atoms with Gasteiger partial charge < -0.3 is 5.11 Å². The van der Waals surface area contributed by atoms with Crippen LogP contribution in [0.25, 0.3) is 0 Å². The third-order valence-corrected chi connectivity index (χ3v) is 5.35. The summed E-state index contributed by atoms with van der Waals surface area (Å²) in [4.78, 5) is 14.6. The summed E-state index contributed by atoms with van der Waals surface area (Å²) >= 11 is 0. The van der Waals surface area contributed by atoms with Gasteiger partial charge in [0.15, 0.2) is 9.84 Å². The third-order valence-electron chi connectivity index (χ3n) is 3.50. The van der Waals surface area contributed by atoms with Gasteiger partial charge in [-0.25, -0.2) is 13.2 Å². The van der Waals surface area contributed by atoms with Gasteiger partial charge in [-0.1, -0.05) is 19.3 Å². The molecule has 0 bridgehead atoms. The molecule has 0 aliphatic heterocycles. The SMILES string of the molecule is O=C(O)c1cncc(S(=O)(=O)CC2CCCCC2)c1. The van der Waals surface area contributed by atoms with Crippen LogP contribution in [0, 0.1) is 5.92 Å². The van der Waals surface area contributed by atoms with E-state index in [1.807, 2.05) is 0 Å². The van der Waals surface area contributed by atoms with E-state index in [2.05, 4.69) is 4.98 Å². The average Bonchev–Trinajstić information content (AvgIpc) is 2.39. The molecule has 0 atom stereocenters. The van der Waals surface area contributed by atoms with Gasteiger partial charge in [0.25, 0.3) is 0 Å². The molecule has 1 aliphatic rings. The quantitative estimate of drug-likeness (QED) is 0.915. The average molecular weight is 283 g/mol. The Morgan fingerprint density at radius 1 is 1.26 bits per heavy atom. The molecule has 1 N–H and O–H groups in total. The maximum Gasteiger partial charge on any atom is 0.337 e. The minimum absolute atomic E-state index is 0.0120. The van der Waals surface area contributed by atoms with Gasteiger partial charge in [-0.2, -0.15) is 0 Å². The predicted octanol–water partition coefficient (Wildman–Crippen LogP) is 2.13. The summed E-state index contributed by atoms with van der Waals surface area (Å²) in [6, 6.07) is 1.19. The van der Waals surface area contributed by atoms with Crippen molar-refractivity contribution in [2.24, 2.45) is 5.92 Å². The van der Waals surface area contributed by atoms with E-state index in [-0.39, 0.29) is 22.1 Å². The molecule has 5 nitrogen and oxygen atoms in total. The highest BCUT2D eigenvalue weighted by molar-refractivity contribution is 7.91. The van der Waals surface area contributed by atoms with E-state index in [4.69, 9.17) is 5.11 Å². The Bertz CT molecular complexity index is 562. The molecular formula is C13H17NO4S. The number of carbonyl (C=O) groups is 1. The first-order chi connectivity index (χ1) is 8.99. The lowest BCUT2D eigenvalue weighted by Gasteiger charge is -2.21. The summed E-state index contributed by atoms with van der Waals surface area (Å²) in [7, 11) is -3.44. The van der Waals surface area contributed by atoms with Crippen LogP contribution in [-0.2, 0) is 9.84 Å². The summed E-state index contributed by atoms with van der Waals surface area (Å²) in [5, 5.41) is 8.86. The molecule has 1 fully saturated rings. The number of nitrogens with zero attached hydrogens (tertiary/aromatic N) is 1. The first-order valence-electron chi connectivity index (χ1n) is 6.40. The lowest BCUT2D eigenvalue weighted by Crippen LogP contribution is -2.19. The van der Waals surface area contributed by atoms with E-state index in [0.29, 0.717) is 0 Å². The Balaban J connectivity index is 2.18. The number of pyridine rings is 1. The van der Waals surface area contributed by atoms with Gasteiger partial charge in [0.1, 0.15) is 0 Å². The first kappa shape index (κ1) is 14.0. The molecule has 2 rings (SSSR count). The van der Waals surface area contributed by atoms with Crippen molar-refractivity contribution in [3.8, 4) is 0 Å². The van der Waals surface area contributed by atoms with Gasteiger partial charge in [-0.3, -0.25) is 4.98 Å². The number of aromatic carboxylic acids is 1. The largest absolute Gasteiger partial charge is 0.478 e. The van der Waals surface area contributed by atoms with E-state index in [9.17, 15) is 13.2 Å². The Morgan fingerprint density at radius 2 is 1.95 bits per heavy atom. The zero-order chi connectivity index (χ0) is 13.9. The number of rotatable bonds is 4. The number of carboxylic acids is 1. The fourth-order valence-electron chi connectivity index (χ4n) is 2.47. The molecule has 1 saturated carbocycles. The van der Waals surface area contributed by atoms with Gasteiger partial charge in [-0.05, 0) is 24.8 Å². The van der Waals surface area contributed by atoms with E-state index in [0.717, 1.165) is 31.9 Å². The molecule has 0 saturated heterocycles. The van der Waals surface area contributed by atoms with E-state index >= 15 is 0 Å². The fourth-order valence-corrected chi connectivity index (χ4v) is 4.14. The van der Waals surface area contributed by atoms with Crippen LogP contribution >= 0.6 is 0 Å². The maximum absolute atomic E-state index is 12.2. The Labute approximate surface area is 112 Å². The van der Waals surface area contributed by atoms with E-state index in [1.165, 1.54) is 18.7 Å². The third kappa shape index (κ3) is 3.53. The predicted molar refractivity (Wildman–Crippen MR) is 69.8 cm³/mol. The summed E-state index contributed by atoms with van der Waals surface area (Å²) < 4.78 is 24.5. The molecule has 1 aromatic rings. The maximum atomic E-state index is 12.2. The number of hydrogen-bond donors (Lipinski definition) is 1. The van der Waals surface area contributed by atoms with Crippen molar-refractivity contribution in [2.75, 3.05) is 5.75 Å². The smallest absolute Gasteiger partial charge is 0.337 e. The lowest BCUT2D eigenvalue weighted by atomic mass is 9.91. The van der Waals surface area contributed by atoms with Gasteiger partial charge >= 0.3 is 5.97 Å². The molecule has 1 aliphatic carbocycles. The molecule has 19 heavy (non-hydrogen) atoms. The van der Waals surface area contributed by atoms with Gasteiger partial charge in [0.2, 0.25) is 0 Å². The van der Waals surface area contributed by atoms with Crippen molar-refractivity contribution in [1.29, 1.82) is 0 Å². The van der Waals surface area contributed by atoms with Crippen molar-refractivity contribution in [3.63, 3.8) is 0 Å². The minimum atomic E-state index is -3.44. The van der Waals surface area contributed by atoms with Crippen LogP contribution in [0.2, 0.25) is 0 Å². The number of carboxylic acid groups (broad SMARTS) is 1. The molecule has 0 unspecified atom stereocenters. The van der Waals surface area contributed by atoms with Crippen LogP contribution < -0.4 is 0 Å². The summed E-state index contributed by atoms with van der Waals surface area (Å²) in [5.74, 6) is -0.882. The first-order valence-corrected chi connectivity index (χ1v) is 8.05.